The molecule has 0 aliphatic carbocycles. The quantitative estimate of drug-likeness (QED) is 0.901. The maximum absolute atomic E-state index is 13.5. The number of nitrogens with two attached hydrogens (primary N) is 1. The second-order valence-corrected chi connectivity index (χ2v) is 5.21. The van der Waals surface area contributed by atoms with Crippen LogP contribution in [0.2, 0.25) is 0 Å². The van der Waals surface area contributed by atoms with Gasteiger partial charge in [0.2, 0.25) is 0 Å². The average Bonchev–Trinajstić information content (AvgIpc) is 2.20. The van der Waals surface area contributed by atoms with Crippen LogP contribution in [-0.2, 0) is 0 Å². The molecule has 0 aliphatic rings. The van der Waals surface area contributed by atoms with Crippen molar-refractivity contribution >= 4 is 28.3 Å². The highest BCUT2D eigenvalue weighted by molar-refractivity contribution is 9.10. The molecule has 0 fully saturated rings. The summed E-state index contributed by atoms with van der Waals surface area (Å²) in [6.45, 7) is 3.52. The Bertz CT molecular complexity index is 360. The number of hydrogen-bond donors (Lipinski definition) is 2. The van der Waals surface area contributed by atoms with Crippen LogP contribution in [0.1, 0.15) is 25.5 Å². The normalized spacial score (nSPS) is 13.1. The minimum Gasteiger partial charge on any atom is -0.396 e. The molecule has 0 aromatic heterocycles. The van der Waals surface area contributed by atoms with E-state index in [1.807, 2.05) is 0 Å². The van der Waals surface area contributed by atoms with Gasteiger partial charge in [-0.3, -0.25) is 0 Å². The SMILES string of the molecule is CC(C)(CO)[C@H](N)c1cc(Br)ccc1F.Cl. The highest BCUT2D eigenvalue weighted by Gasteiger charge is 2.28. The number of aliphatic hydroxyl groups excluding tert-OH is 1. The Morgan fingerprint density at radius 2 is 2.06 bits per heavy atom. The molecular weight excluding hydrogens is 296 g/mol. The molecular formula is C11H16BrClFNO. The molecule has 0 amide bonds. The van der Waals surface area contributed by atoms with Crippen LogP contribution in [0.25, 0.3) is 0 Å². The summed E-state index contributed by atoms with van der Waals surface area (Å²) in [4.78, 5) is 0. The van der Waals surface area contributed by atoms with Crippen molar-refractivity contribution in [1.82, 2.24) is 0 Å². The Morgan fingerprint density at radius 1 is 1.50 bits per heavy atom. The van der Waals surface area contributed by atoms with Gasteiger partial charge in [-0.25, -0.2) is 4.39 Å². The standard InChI is InChI=1S/C11H15BrFNO.ClH/c1-11(2,6-15)10(14)8-5-7(12)3-4-9(8)13;/h3-5,10,15H,6,14H2,1-2H3;1H/t10-;/m1./s1. The zero-order chi connectivity index (χ0) is 11.6. The van der Waals surface area contributed by atoms with Gasteiger partial charge in [0.05, 0.1) is 0 Å². The van der Waals surface area contributed by atoms with E-state index in [0.29, 0.717) is 5.56 Å². The molecule has 0 radical (unpaired) electrons. The van der Waals surface area contributed by atoms with E-state index < -0.39 is 11.5 Å². The molecule has 16 heavy (non-hydrogen) atoms. The summed E-state index contributed by atoms with van der Waals surface area (Å²) in [5, 5.41) is 9.17. The van der Waals surface area contributed by atoms with Crippen molar-refractivity contribution in [3.63, 3.8) is 0 Å². The molecule has 0 spiro atoms. The van der Waals surface area contributed by atoms with E-state index in [4.69, 9.17) is 5.73 Å². The fraction of sp³-hybridized carbons (Fsp3) is 0.455. The third kappa shape index (κ3) is 3.42. The lowest BCUT2D eigenvalue weighted by Crippen LogP contribution is -2.33. The van der Waals surface area contributed by atoms with Crippen LogP contribution in [0.15, 0.2) is 22.7 Å². The van der Waals surface area contributed by atoms with Gasteiger partial charge in [0.1, 0.15) is 5.82 Å². The predicted molar refractivity (Wildman–Crippen MR) is 69.1 cm³/mol. The Kier molecular flexibility index (Phi) is 5.90. The van der Waals surface area contributed by atoms with Crippen molar-refractivity contribution in [3.8, 4) is 0 Å². The lowest BCUT2D eigenvalue weighted by Gasteiger charge is -2.30. The molecule has 0 aliphatic heterocycles. The molecule has 92 valence electrons. The van der Waals surface area contributed by atoms with Gasteiger partial charge in [-0.15, -0.1) is 12.4 Å². The van der Waals surface area contributed by atoms with Gasteiger partial charge in [-0.2, -0.15) is 0 Å². The lowest BCUT2D eigenvalue weighted by atomic mass is 9.81. The molecule has 3 N–H and O–H groups in total. The maximum atomic E-state index is 13.5. The summed E-state index contributed by atoms with van der Waals surface area (Å²) in [5.74, 6) is -0.341. The number of benzene rings is 1. The summed E-state index contributed by atoms with van der Waals surface area (Å²) in [7, 11) is 0. The first-order chi connectivity index (χ1) is 6.88. The fourth-order valence-electron chi connectivity index (χ4n) is 1.27. The first-order valence-electron chi connectivity index (χ1n) is 4.70. The minimum atomic E-state index is -0.540. The van der Waals surface area contributed by atoms with E-state index in [0.717, 1.165) is 4.47 Å². The zero-order valence-electron chi connectivity index (χ0n) is 9.21. The Hall–Kier alpha value is -0.160. The van der Waals surface area contributed by atoms with E-state index in [1.54, 1.807) is 26.0 Å². The van der Waals surface area contributed by atoms with Crippen LogP contribution in [0, 0.1) is 11.2 Å². The maximum Gasteiger partial charge on any atom is 0.128 e. The Labute approximate surface area is 110 Å². The van der Waals surface area contributed by atoms with Gasteiger partial charge in [0.15, 0.2) is 0 Å². The number of hydrogen-bond acceptors (Lipinski definition) is 2. The van der Waals surface area contributed by atoms with Crippen LogP contribution < -0.4 is 5.73 Å². The third-order valence-electron chi connectivity index (χ3n) is 2.54. The van der Waals surface area contributed by atoms with Gasteiger partial charge in [-0.05, 0) is 18.2 Å². The number of halogens is 3. The van der Waals surface area contributed by atoms with E-state index in [1.165, 1.54) is 6.07 Å². The van der Waals surface area contributed by atoms with Crippen LogP contribution >= 0.6 is 28.3 Å². The fourth-order valence-corrected chi connectivity index (χ4v) is 1.65. The summed E-state index contributed by atoms with van der Waals surface area (Å²) in [6, 6.07) is 4.11. The van der Waals surface area contributed by atoms with E-state index in [-0.39, 0.29) is 24.8 Å². The van der Waals surface area contributed by atoms with Crippen molar-refractivity contribution in [2.75, 3.05) is 6.61 Å². The van der Waals surface area contributed by atoms with Crippen LogP contribution in [0.4, 0.5) is 4.39 Å². The van der Waals surface area contributed by atoms with Gasteiger partial charge >= 0.3 is 0 Å². The van der Waals surface area contributed by atoms with Crippen molar-refractivity contribution < 1.29 is 9.50 Å². The van der Waals surface area contributed by atoms with Crippen molar-refractivity contribution in [1.29, 1.82) is 0 Å². The minimum absolute atomic E-state index is 0. The van der Waals surface area contributed by atoms with Gasteiger partial charge in [-0.1, -0.05) is 29.8 Å². The Morgan fingerprint density at radius 3 is 2.56 bits per heavy atom. The highest BCUT2D eigenvalue weighted by Crippen LogP contribution is 2.33. The molecule has 1 aromatic rings. The van der Waals surface area contributed by atoms with E-state index >= 15 is 0 Å². The largest absolute Gasteiger partial charge is 0.396 e. The first kappa shape index (κ1) is 15.8. The van der Waals surface area contributed by atoms with Crippen molar-refractivity contribution in [3.05, 3.63) is 34.1 Å². The molecule has 5 heteroatoms. The monoisotopic (exact) mass is 311 g/mol. The first-order valence-corrected chi connectivity index (χ1v) is 5.49. The van der Waals surface area contributed by atoms with Crippen LogP contribution in [0.3, 0.4) is 0 Å². The smallest absolute Gasteiger partial charge is 0.128 e. The summed E-state index contributed by atoms with van der Waals surface area (Å²) in [5.41, 5.74) is 5.81. The number of aliphatic hydroxyl groups is 1. The molecule has 0 unspecified atom stereocenters. The van der Waals surface area contributed by atoms with E-state index in [2.05, 4.69) is 15.9 Å². The second kappa shape index (κ2) is 5.96. The Balaban J connectivity index is 0.00000225. The molecule has 0 saturated carbocycles. The van der Waals surface area contributed by atoms with Gasteiger partial charge in [0.25, 0.3) is 0 Å². The second-order valence-electron chi connectivity index (χ2n) is 4.29. The summed E-state index contributed by atoms with van der Waals surface area (Å²) in [6.07, 6.45) is 0. The molecule has 1 rings (SSSR count). The van der Waals surface area contributed by atoms with Gasteiger partial charge in [0, 0.05) is 28.1 Å². The van der Waals surface area contributed by atoms with Gasteiger partial charge < -0.3 is 10.8 Å². The zero-order valence-corrected chi connectivity index (χ0v) is 11.6. The lowest BCUT2D eigenvalue weighted by molar-refractivity contribution is 0.131. The van der Waals surface area contributed by atoms with Crippen LogP contribution in [0.5, 0.6) is 0 Å². The average molecular weight is 313 g/mol. The van der Waals surface area contributed by atoms with Crippen LogP contribution in [-0.4, -0.2) is 11.7 Å². The molecule has 1 aromatic carbocycles. The summed E-state index contributed by atoms with van der Waals surface area (Å²) < 4.78 is 14.3. The third-order valence-corrected chi connectivity index (χ3v) is 3.04. The number of rotatable bonds is 3. The van der Waals surface area contributed by atoms with E-state index in [9.17, 15) is 9.50 Å². The molecule has 0 bridgehead atoms. The molecule has 0 heterocycles. The molecule has 2 nitrogen and oxygen atoms in total. The molecule has 1 atom stereocenters. The highest BCUT2D eigenvalue weighted by atomic mass is 79.9. The predicted octanol–water partition coefficient (Wildman–Crippen LogP) is 3.03. The summed E-state index contributed by atoms with van der Waals surface area (Å²) >= 11 is 3.27. The topological polar surface area (TPSA) is 46.2 Å². The van der Waals surface area contributed by atoms with Crippen molar-refractivity contribution in [2.24, 2.45) is 11.1 Å². The van der Waals surface area contributed by atoms with Crippen molar-refractivity contribution in [2.45, 2.75) is 19.9 Å². The molecule has 0 saturated heterocycles.